The fourth-order valence-electron chi connectivity index (χ4n) is 2.77. The number of hydrogen-bond donors (Lipinski definition) is 2. The molecule has 2 rings (SSSR count). The molecule has 6 heteroatoms. The lowest BCUT2D eigenvalue weighted by atomic mass is 9.89. The minimum absolute atomic E-state index is 0.0807. The number of carbonyl (C=O) groups is 1. The lowest BCUT2D eigenvalue weighted by Gasteiger charge is -2.21. The monoisotopic (exact) mass is 291 g/mol. The first-order chi connectivity index (χ1) is 10.1. The van der Waals surface area contributed by atoms with Gasteiger partial charge in [0.15, 0.2) is 0 Å². The van der Waals surface area contributed by atoms with Gasteiger partial charge in [-0.15, -0.1) is 0 Å². The smallest absolute Gasteiger partial charge is 0.293 e. The first kappa shape index (κ1) is 15.3. The summed E-state index contributed by atoms with van der Waals surface area (Å²) >= 11 is 0. The summed E-state index contributed by atoms with van der Waals surface area (Å²) in [6, 6.07) is 4.49. The maximum Gasteiger partial charge on any atom is 0.293 e. The van der Waals surface area contributed by atoms with E-state index in [1.807, 2.05) is 0 Å². The first-order valence-electron chi connectivity index (χ1n) is 7.36. The average Bonchev–Trinajstić information content (AvgIpc) is 2.52. The van der Waals surface area contributed by atoms with Gasteiger partial charge in [-0.05, 0) is 30.9 Å². The Morgan fingerprint density at radius 3 is 2.67 bits per heavy atom. The van der Waals surface area contributed by atoms with Gasteiger partial charge in [0, 0.05) is 25.2 Å². The Kier molecular flexibility index (Phi) is 5.14. The summed E-state index contributed by atoms with van der Waals surface area (Å²) in [4.78, 5) is 22.6. The highest BCUT2D eigenvalue weighted by Gasteiger charge is 2.18. The lowest BCUT2D eigenvalue weighted by molar-refractivity contribution is -0.384. The maximum absolute atomic E-state index is 12.1. The molecule has 0 saturated heterocycles. The Hall–Kier alpha value is -2.11. The summed E-state index contributed by atoms with van der Waals surface area (Å²) in [6.45, 7) is 0.653. The van der Waals surface area contributed by atoms with Gasteiger partial charge < -0.3 is 10.6 Å². The Morgan fingerprint density at radius 1 is 1.33 bits per heavy atom. The van der Waals surface area contributed by atoms with E-state index < -0.39 is 4.92 Å². The molecule has 1 fully saturated rings. The average molecular weight is 291 g/mol. The highest BCUT2D eigenvalue weighted by molar-refractivity contribution is 5.95. The van der Waals surface area contributed by atoms with Crippen LogP contribution in [0.3, 0.4) is 0 Å². The topological polar surface area (TPSA) is 84.3 Å². The van der Waals surface area contributed by atoms with Crippen LogP contribution in [0.15, 0.2) is 18.2 Å². The fourth-order valence-corrected chi connectivity index (χ4v) is 2.77. The van der Waals surface area contributed by atoms with E-state index in [4.69, 9.17) is 0 Å². The van der Waals surface area contributed by atoms with Gasteiger partial charge >= 0.3 is 0 Å². The number of amides is 1. The first-order valence-corrected chi connectivity index (χ1v) is 7.36. The van der Waals surface area contributed by atoms with Crippen molar-refractivity contribution < 1.29 is 9.72 Å². The zero-order valence-corrected chi connectivity index (χ0v) is 12.2. The number of carbonyl (C=O) groups excluding carboxylic acids is 1. The molecule has 6 nitrogen and oxygen atoms in total. The summed E-state index contributed by atoms with van der Waals surface area (Å²) in [5.41, 5.74) is 0.656. The van der Waals surface area contributed by atoms with Crippen LogP contribution in [0.4, 0.5) is 11.4 Å². The molecule has 114 valence electrons. The van der Waals surface area contributed by atoms with Gasteiger partial charge in [0.2, 0.25) is 0 Å². The predicted molar refractivity (Wildman–Crippen MR) is 81.6 cm³/mol. The second-order valence-corrected chi connectivity index (χ2v) is 5.45. The number of benzene rings is 1. The van der Waals surface area contributed by atoms with Crippen LogP contribution in [0.25, 0.3) is 0 Å². The lowest BCUT2D eigenvalue weighted by Crippen LogP contribution is -2.30. The third kappa shape index (κ3) is 3.93. The summed E-state index contributed by atoms with van der Waals surface area (Å²) in [5.74, 6) is 0.292. The summed E-state index contributed by atoms with van der Waals surface area (Å²) in [5, 5.41) is 16.6. The van der Waals surface area contributed by atoms with Gasteiger partial charge in [-0.1, -0.05) is 19.3 Å². The second kappa shape index (κ2) is 7.06. The molecule has 1 aliphatic carbocycles. The molecule has 21 heavy (non-hydrogen) atoms. The molecule has 0 unspecified atom stereocenters. The summed E-state index contributed by atoms with van der Waals surface area (Å²) in [7, 11) is 1.62. The van der Waals surface area contributed by atoms with Crippen molar-refractivity contribution >= 4 is 17.3 Å². The van der Waals surface area contributed by atoms with E-state index in [1.54, 1.807) is 19.2 Å². The SMILES string of the molecule is CNc1ccc(C(=O)NCC2CCCCC2)cc1[N+](=O)[O-]. The van der Waals surface area contributed by atoms with Crippen LogP contribution in [0.5, 0.6) is 0 Å². The molecule has 1 amide bonds. The minimum atomic E-state index is -0.482. The molecule has 1 aromatic rings. The van der Waals surface area contributed by atoms with Gasteiger partial charge in [0.05, 0.1) is 4.92 Å². The molecule has 1 aromatic carbocycles. The molecular weight excluding hydrogens is 270 g/mol. The van der Waals surface area contributed by atoms with Crippen LogP contribution in [-0.4, -0.2) is 24.4 Å². The predicted octanol–water partition coefficient (Wildman–Crippen LogP) is 2.95. The number of anilines is 1. The van der Waals surface area contributed by atoms with Crippen LogP contribution in [0.2, 0.25) is 0 Å². The van der Waals surface area contributed by atoms with Crippen LogP contribution in [-0.2, 0) is 0 Å². The van der Waals surface area contributed by atoms with E-state index in [2.05, 4.69) is 10.6 Å². The van der Waals surface area contributed by atoms with E-state index in [0.29, 0.717) is 23.7 Å². The van der Waals surface area contributed by atoms with E-state index in [1.165, 1.54) is 25.3 Å². The van der Waals surface area contributed by atoms with Crippen LogP contribution in [0.1, 0.15) is 42.5 Å². The van der Waals surface area contributed by atoms with Gasteiger partial charge in [-0.2, -0.15) is 0 Å². The van der Waals surface area contributed by atoms with E-state index >= 15 is 0 Å². The van der Waals surface area contributed by atoms with Gasteiger partial charge in [-0.25, -0.2) is 0 Å². The normalized spacial score (nSPS) is 15.5. The molecule has 0 radical (unpaired) electrons. The molecule has 0 atom stereocenters. The highest BCUT2D eigenvalue weighted by Crippen LogP contribution is 2.25. The molecule has 1 aliphatic rings. The Labute approximate surface area is 124 Å². The van der Waals surface area contributed by atoms with Crippen molar-refractivity contribution in [2.24, 2.45) is 5.92 Å². The zero-order valence-electron chi connectivity index (χ0n) is 12.2. The molecule has 0 aromatic heterocycles. The highest BCUT2D eigenvalue weighted by atomic mass is 16.6. The maximum atomic E-state index is 12.1. The molecule has 1 saturated carbocycles. The Bertz CT molecular complexity index is 525. The second-order valence-electron chi connectivity index (χ2n) is 5.45. The number of nitrogens with one attached hydrogen (secondary N) is 2. The quantitative estimate of drug-likeness (QED) is 0.645. The van der Waals surface area contributed by atoms with Crippen molar-refractivity contribution in [3.8, 4) is 0 Å². The molecule has 0 spiro atoms. The van der Waals surface area contributed by atoms with Crippen molar-refractivity contribution in [1.29, 1.82) is 0 Å². The number of nitro benzene ring substituents is 1. The summed E-state index contributed by atoms with van der Waals surface area (Å²) < 4.78 is 0. The molecule has 0 heterocycles. The van der Waals surface area contributed by atoms with E-state index in [9.17, 15) is 14.9 Å². The van der Waals surface area contributed by atoms with Gasteiger partial charge in [0.1, 0.15) is 5.69 Å². The standard InChI is InChI=1S/C15H21N3O3/c1-16-13-8-7-12(9-14(13)18(20)21)15(19)17-10-11-5-3-2-4-6-11/h7-9,11,16H,2-6,10H2,1H3,(H,17,19). The van der Waals surface area contributed by atoms with Gasteiger partial charge in [0.25, 0.3) is 11.6 Å². The van der Waals surface area contributed by atoms with Crippen molar-refractivity contribution in [1.82, 2.24) is 5.32 Å². The van der Waals surface area contributed by atoms with Crippen molar-refractivity contribution in [2.45, 2.75) is 32.1 Å². The third-order valence-corrected chi connectivity index (χ3v) is 4.00. The Morgan fingerprint density at radius 2 is 2.05 bits per heavy atom. The fraction of sp³-hybridized carbons (Fsp3) is 0.533. The van der Waals surface area contributed by atoms with Crippen molar-refractivity contribution in [3.63, 3.8) is 0 Å². The van der Waals surface area contributed by atoms with Crippen molar-refractivity contribution in [3.05, 3.63) is 33.9 Å². The number of nitrogens with zero attached hydrogens (tertiary/aromatic N) is 1. The van der Waals surface area contributed by atoms with Gasteiger partial charge in [-0.3, -0.25) is 14.9 Å². The number of hydrogen-bond acceptors (Lipinski definition) is 4. The van der Waals surface area contributed by atoms with E-state index in [0.717, 1.165) is 12.8 Å². The van der Waals surface area contributed by atoms with Crippen LogP contribution in [0, 0.1) is 16.0 Å². The van der Waals surface area contributed by atoms with Crippen LogP contribution >= 0.6 is 0 Å². The largest absolute Gasteiger partial charge is 0.383 e. The molecule has 2 N–H and O–H groups in total. The molecular formula is C15H21N3O3. The molecule has 0 aliphatic heterocycles. The van der Waals surface area contributed by atoms with E-state index in [-0.39, 0.29) is 11.6 Å². The number of rotatable bonds is 5. The zero-order chi connectivity index (χ0) is 15.2. The summed E-state index contributed by atoms with van der Waals surface area (Å²) in [6.07, 6.45) is 6.03. The van der Waals surface area contributed by atoms with Crippen molar-refractivity contribution in [2.75, 3.05) is 18.9 Å². The third-order valence-electron chi connectivity index (χ3n) is 4.00. The number of nitro groups is 1. The molecule has 0 bridgehead atoms. The Balaban J connectivity index is 2.01. The van der Waals surface area contributed by atoms with Crippen LogP contribution < -0.4 is 10.6 Å². The minimum Gasteiger partial charge on any atom is -0.383 e.